The highest BCUT2D eigenvalue weighted by molar-refractivity contribution is 5.90. The van der Waals surface area contributed by atoms with Crippen molar-refractivity contribution in [1.29, 1.82) is 0 Å². The van der Waals surface area contributed by atoms with E-state index in [1.165, 1.54) is 6.08 Å². The van der Waals surface area contributed by atoms with Gasteiger partial charge < -0.3 is 14.8 Å². The molecule has 1 amide bonds. The standard InChI is InChI=1S/C24H25N3O4/c1-30-15-14-25-22(28)18-31-23(29)13-12-21-17-27(16-19-8-4-2-5-9-19)26-24(21)20-10-6-3-7-11-20/h2-13,17H,14-16,18H2,1H3,(H,25,28)/b13-12+. The van der Waals surface area contributed by atoms with Crippen molar-refractivity contribution >= 4 is 18.0 Å². The Morgan fingerprint density at radius 2 is 1.77 bits per heavy atom. The van der Waals surface area contributed by atoms with E-state index in [2.05, 4.69) is 5.32 Å². The van der Waals surface area contributed by atoms with Crippen LogP contribution < -0.4 is 5.32 Å². The Kier molecular flexibility index (Phi) is 8.13. The summed E-state index contributed by atoms with van der Waals surface area (Å²) in [5, 5.41) is 7.30. The molecule has 3 rings (SSSR count). The second-order valence-corrected chi connectivity index (χ2v) is 6.77. The molecule has 0 bridgehead atoms. The molecule has 0 radical (unpaired) electrons. The van der Waals surface area contributed by atoms with Gasteiger partial charge in [0, 0.05) is 37.1 Å². The summed E-state index contributed by atoms with van der Waals surface area (Å²) in [6.45, 7) is 1.03. The number of benzene rings is 2. The minimum atomic E-state index is -0.600. The Labute approximate surface area is 181 Å². The number of ether oxygens (including phenoxy) is 2. The summed E-state index contributed by atoms with van der Waals surface area (Å²) in [5.41, 5.74) is 3.61. The summed E-state index contributed by atoms with van der Waals surface area (Å²) >= 11 is 0. The fourth-order valence-electron chi connectivity index (χ4n) is 2.92. The molecule has 0 fully saturated rings. The average molecular weight is 419 g/mol. The molecule has 0 aliphatic heterocycles. The van der Waals surface area contributed by atoms with Gasteiger partial charge in [-0.25, -0.2) is 4.79 Å². The quantitative estimate of drug-likeness (QED) is 0.310. The predicted molar refractivity (Wildman–Crippen MR) is 118 cm³/mol. The SMILES string of the molecule is COCCNC(=O)COC(=O)/C=C/c1cn(Cc2ccccc2)nc1-c1ccccc1. The molecule has 1 aromatic heterocycles. The lowest BCUT2D eigenvalue weighted by Gasteiger charge is -2.04. The summed E-state index contributed by atoms with van der Waals surface area (Å²) in [7, 11) is 1.54. The minimum absolute atomic E-state index is 0.342. The van der Waals surface area contributed by atoms with Crippen LogP contribution in [0.25, 0.3) is 17.3 Å². The van der Waals surface area contributed by atoms with E-state index in [1.54, 1.807) is 13.2 Å². The number of nitrogens with one attached hydrogen (secondary N) is 1. The Morgan fingerprint density at radius 3 is 2.48 bits per heavy atom. The summed E-state index contributed by atoms with van der Waals surface area (Å²) in [6, 6.07) is 19.8. The van der Waals surface area contributed by atoms with Crippen LogP contribution in [0.3, 0.4) is 0 Å². The number of amides is 1. The van der Waals surface area contributed by atoms with Crippen molar-refractivity contribution in [1.82, 2.24) is 15.1 Å². The summed E-state index contributed by atoms with van der Waals surface area (Å²) in [6.07, 6.45) is 4.84. The Balaban J connectivity index is 1.70. The van der Waals surface area contributed by atoms with Gasteiger partial charge in [-0.15, -0.1) is 0 Å². The molecule has 0 atom stereocenters. The molecule has 0 unspecified atom stereocenters. The summed E-state index contributed by atoms with van der Waals surface area (Å²) < 4.78 is 11.7. The number of carbonyl (C=O) groups is 2. The van der Waals surface area contributed by atoms with Gasteiger partial charge in [0.05, 0.1) is 18.8 Å². The van der Waals surface area contributed by atoms with E-state index in [0.717, 1.165) is 22.4 Å². The molecule has 2 aromatic carbocycles. The highest BCUT2D eigenvalue weighted by atomic mass is 16.5. The lowest BCUT2D eigenvalue weighted by atomic mass is 10.1. The number of carbonyl (C=O) groups excluding carboxylic acids is 2. The normalized spacial score (nSPS) is 10.9. The number of aromatic nitrogens is 2. The van der Waals surface area contributed by atoms with Gasteiger partial charge in [0.2, 0.25) is 0 Å². The van der Waals surface area contributed by atoms with Gasteiger partial charge in [-0.3, -0.25) is 9.48 Å². The van der Waals surface area contributed by atoms with Crippen LogP contribution in [0.2, 0.25) is 0 Å². The first-order valence-electron chi connectivity index (χ1n) is 9.93. The predicted octanol–water partition coefficient (Wildman–Crippen LogP) is 2.92. The first kappa shape index (κ1) is 22.0. The molecule has 31 heavy (non-hydrogen) atoms. The van der Waals surface area contributed by atoms with Crippen LogP contribution >= 0.6 is 0 Å². The smallest absolute Gasteiger partial charge is 0.331 e. The van der Waals surface area contributed by atoms with Gasteiger partial charge in [0.1, 0.15) is 0 Å². The third kappa shape index (κ3) is 6.94. The Morgan fingerprint density at radius 1 is 1.06 bits per heavy atom. The molecule has 0 aliphatic rings. The zero-order valence-electron chi connectivity index (χ0n) is 17.4. The van der Waals surface area contributed by atoms with Gasteiger partial charge in [0.25, 0.3) is 5.91 Å². The van der Waals surface area contributed by atoms with Crippen LogP contribution in [0.1, 0.15) is 11.1 Å². The molecule has 0 spiro atoms. The van der Waals surface area contributed by atoms with Crippen LogP contribution in [-0.4, -0.2) is 48.5 Å². The van der Waals surface area contributed by atoms with Crippen molar-refractivity contribution in [2.75, 3.05) is 26.9 Å². The van der Waals surface area contributed by atoms with Crippen molar-refractivity contribution in [3.63, 3.8) is 0 Å². The van der Waals surface area contributed by atoms with Crippen molar-refractivity contribution in [2.24, 2.45) is 0 Å². The molecule has 7 heteroatoms. The minimum Gasteiger partial charge on any atom is -0.452 e. The fourth-order valence-corrected chi connectivity index (χ4v) is 2.92. The number of nitrogens with zero attached hydrogens (tertiary/aromatic N) is 2. The van der Waals surface area contributed by atoms with Gasteiger partial charge in [-0.05, 0) is 11.6 Å². The molecule has 0 saturated carbocycles. The maximum Gasteiger partial charge on any atom is 0.331 e. The third-order valence-corrected chi connectivity index (χ3v) is 4.40. The van der Waals surface area contributed by atoms with Gasteiger partial charge in [-0.2, -0.15) is 5.10 Å². The van der Waals surface area contributed by atoms with E-state index in [0.29, 0.717) is 19.7 Å². The highest BCUT2D eigenvalue weighted by Crippen LogP contribution is 2.23. The van der Waals surface area contributed by atoms with Crippen molar-refractivity contribution < 1.29 is 19.1 Å². The first-order chi connectivity index (χ1) is 15.2. The van der Waals surface area contributed by atoms with E-state index in [9.17, 15) is 9.59 Å². The van der Waals surface area contributed by atoms with E-state index in [1.807, 2.05) is 71.5 Å². The van der Waals surface area contributed by atoms with E-state index in [4.69, 9.17) is 14.6 Å². The molecule has 1 N–H and O–H groups in total. The number of esters is 1. The average Bonchev–Trinajstić information content (AvgIpc) is 3.20. The van der Waals surface area contributed by atoms with Crippen molar-refractivity contribution in [3.8, 4) is 11.3 Å². The molecule has 160 valence electrons. The first-order valence-corrected chi connectivity index (χ1v) is 9.93. The lowest BCUT2D eigenvalue weighted by molar-refractivity contribution is -0.143. The van der Waals surface area contributed by atoms with Crippen LogP contribution in [0.5, 0.6) is 0 Å². The van der Waals surface area contributed by atoms with Crippen LogP contribution in [-0.2, 0) is 25.6 Å². The largest absolute Gasteiger partial charge is 0.452 e. The van der Waals surface area contributed by atoms with Gasteiger partial charge in [-0.1, -0.05) is 60.7 Å². The maximum atomic E-state index is 12.1. The zero-order chi connectivity index (χ0) is 21.9. The maximum absolute atomic E-state index is 12.1. The Bertz CT molecular complexity index is 1010. The molecule has 3 aromatic rings. The van der Waals surface area contributed by atoms with Crippen LogP contribution in [0.4, 0.5) is 0 Å². The van der Waals surface area contributed by atoms with Crippen LogP contribution in [0, 0.1) is 0 Å². The molecular weight excluding hydrogens is 394 g/mol. The lowest BCUT2D eigenvalue weighted by Crippen LogP contribution is -2.31. The number of methoxy groups -OCH3 is 1. The fraction of sp³-hybridized carbons (Fsp3) is 0.208. The van der Waals surface area contributed by atoms with E-state index >= 15 is 0 Å². The molecule has 0 aliphatic carbocycles. The van der Waals surface area contributed by atoms with E-state index < -0.39 is 5.97 Å². The zero-order valence-corrected chi connectivity index (χ0v) is 17.4. The van der Waals surface area contributed by atoms with Crippen molar-refractivity contribution in [2.45, 2.75) is 6.54 Å². The number of hydrogen-bond acceptors (Lipinski definition) is 5. The third-order valence-electron chi connectivity index (χ3n) is 4.40. The topological polar surface area (TPSA) is 82.5 Å². The summed E-state index contributed by atoms with van der Waals surface area (Å²) in [4.78, 5) is 23.7. The molecule has 7 nitrogen and oxygen atoms in total. The number of hydrogen-bond donors (Lipinski definition) is 1. The molecular formula is C24H25N3O4. The highest BCUT2D eigenvalue weighted by Gasteiger charge is 2.11. The van der Waals surface area contributed by atoms with Gasteiger partial charge >= 0.3 is 5.97 Å². The second-order valence-electron chi connectivity index (χ2n) is 6.77. The van der Waals surface area contributed by atoms with E-state index in [-0.39, 0.29) is 12.5 Å². The monoisotopic (exact) mass is 419 g/mol. The molecule has 0 saturated heterocycles. The van der Waals surface area contributed by atoms with Crippen molar-refractivity contribution in [3.05, 3.63) is 84.1 Å². The molecule has 1 heterocycles. The van der Waals surface area contributed by atoms with Gasteiger partial charge in [0.15, 0.2) is 6.61 Å². The second kappa shape index (κ2) is 11.5. The Hall–Kier alpha value is -3.71. The van der Waals surface area contributed by atoms with Crippen LogP contribution in [0.15, 0.2) is 72.9 Å². The summed E-state index contributed by atoms with van der Waals surface area (Å²) in [5.74, 6) is -0.976. The number of rotatable bonds is 10.